The number of methoxy groups -OCH3 is 1. The summed E-state index contributed by atoms with van der Waals surface area (Å²) in [6.07, 6.45) is 0.622. The van der Waals surface area contributed by atoms with E-state index < -0.39 is 6.04 Å². The summed E-state index contributed by atoms with van der Waals surface area (Å²) in [5.41, 5.74) is 4.56. The minimum absolute atomic E-state index is 0.122. The number of carbonyl (C=O) groups excluding carboxylic acids is 1. The molecule has 2 heterocycles. The third kappa shape index (κ3) is 4.13. The van der Waals surface area contributed by atoms with E-state index in [1.54, 1.807) is 12.0 Å². The molecule has 6 nitrogen and oxygen atoms in total. The summed E-state index contributed by atoms with van der Waals surface area (Å²) in [7, 11) is 1.63. The lowest BCUT2D eigenvalue weighted by molar-refractivity contribution is 0.0729. The van der Waals surface area contributed by atoms with Crippen LogP contribution in [-0.4, -0.2) is 31.1 Å². The molecule has 0 aliphatic carbocycles. The van der Waals surface area contributed by atoms with Gasteiger partial charge in [-0.15, -0.1) is 0 Å². The Labute approximate surface area is 210 Å². The molecule has 0 saturated heterocycles. The van der Waals surface area contributed by atoms with Crippen molar-refractivity contribution < 1.29 is 18.7 Å². The van der Waals surface area contributed by atoms with Crippen LogP contribution in [0.15, 0.2) is 69.9 Å². The fourth-order valence-corrected chi connectivity index (χ4v) is 4.84. The monoisotopic (exact) mass is 483 g/mol. The number of rotatable bonds is 7. The molecule has 1 aliphatic rings. The molecule has 1 atom stereocenters. The minimum atomic E-state index is -0.562. The Balaban J connectivity index is 1.62. The summed E-state index contributed by atoms with van der Waals surface area (Å²) in [6.45, 7) is 6.81. The molecule has 0 saturated carbocycles. The van der Waals surface area contributed by atoms with Crippen LogP contribution in [0, 0.1) is 13.8 Å². The predicted molar refractivity (Wildman–Crippen MR) is 139 cm³/mol. The van der Waals surface area contributed by atoms with Gasteiger partial charge in [-0.3, -0.25) is 9.59 Å². The van der Waals surface area contributed by atoms with Gasteiger partial charge in [0, 0.05) is 6.54 Å². The molecule has 6 heteroatoms. The van der Waals surface area contributed by atoms with Crippen LogP contribution in [0.3, 0.4) is 0 Å². The van der Waals surface area contributed by atoms with Gasteiger partial charge in [0.2, 0.25) is 5.76 Å². The summed E-state index contributed by atoms with van der Waals surface area (Å²) in [5, 5.41) is 0.493. The van der Waals surface area contributed by atoms with Crippen LogP contribution in [0.4, 0.5) is 0 Å². The molecule has 5 rings (SSSR count). The topological polar surface area (TPSA) is 69.0 Å². The van der Waals surface area contributed by atoms with Crippen molar-refractivity contribution in [2.24, 2.45) is 0 Å². The van der Waals surface area contributed by atoms with Gasteiger partial charge < -0.3 is 18.8 Å². The van der Waals surface area contributed by atoms with E-state index in [4.69, 9.17) is 13.9 Å². The molecule has 1 aliphatic heterocycles. The molecule has 1 amide bonds. The number of hydrogen-bond acceptors (Lipinski definition) is 5. The van der Waals surface area contributed by atoms with Crippen molar-refractivity contribution in [3.8, 4) is 11.5 Å². The Morgan fingerprint density at radius 2 is 1.69 bits per heavy atom. The third-order valence-electron chi connectivity index (χ3n) is 6.87. The standard InChI is InChI=1S/C30H29NO5/c1-5-35-23-8-6-7-21(17-23)27-26-28(32)24-15-18(2)19(3)16-25(24)36-29(26)30(33)31(27)14-13-20-9-11-22(34-4)12-10-20/h6-12,15-17,27H,5,13-14H2,1-4H3. The molecule has 1 aromatic heterocycles. The van der Waals surface area contributed by atoms with Gasteiger partial charge in [0.25, 0.3) is 5.91 Å². The Hall–Kier alpha value is -4.06. The SMILES string of the molecule is CCOc1cccc(C2c3c(oc4cc(C)c(C)cc4c3=O)C(=O)N2CCc2ccc(OC)cc2)c1. The van der Waals surface area contributed by atoms with E-state index in [-0.39, 0.29) is 17.1 Å². The van der Waals surface area contributed by atoms with E-state index in [1.807, 2.05) is 81.4 Å². The zero-order chi connectivity index (χ0) is 25.4. The van der Waals surface area contributed by atoms with Crippen molar-refractivity contribution >= 4 is 16.9 Å². The predicted octanol–water partition coefficient (Wildman–Crippen LogP) is 5.61. The quantitative estimate of drug-likeness (QED) is 0.342. The second-order valence-electron chi connectivity index (χ2n) is 9.11. The Kier molecular flexibility index (Phi) is 6.27. The third-order valence-corrected chi connectivity index (χ3v) is 6.87. The van der Waals surface area contributed by atoms with Crippen LogP contribution < -0.4 is 14.9 Å². The summed E-state index contributed by atoms with van der Waals surface area (Å²) >= 11 is 0. The van der Waals surface area contributed by atoms with E-state index in [2.05, 4.69) is 0 Å². The largest absolute Gasteiger partial charge is 0.497 e. The number of amides is 1. The van der Waals surface area contributed by atoms with E-state index in [1.165, 1.54) is 0 Å². The highest BCUT2D eigenvalue weighted by atomic mass is 16.5. The van der Waals surface area contributed by atoms with Crippen LogP contribution >= 0.6 is 0 Å². The molecule has 0 fully saturated rings. The summed E-state index contributed by atoms with van der Waals surface area (Å²) in [6, 6.07) is 18.5. The molecular formula is C30H29NO5. The average molecular weight is 484 g/mol. The van der Waals surface area contributed by atoms with Crippen LogP contribution in [-0.2, 0) is 6.42 Å². The van der Waals surface area contributed by atoms with Gasteiger partial charge in [0.15, 0.2) is 5.43 Å². The molecular weight excluding hydrogens is 454 g/mol. The van der Waals surface area contributed by atoms with Crippen LogP contribution in [0.1, 0.15) is 51.3 Å². The molecule has 36 heavy (non-hydrogen) atoms. The lowest BCUT2D eigenvalue weighted by Crippen LogP contribution is -2.31. The van der Waals surface area contributed by atoms with Crippen LogP contribution in [0.2, 0.25) is 0 Å². The maximum absolute atomic E-state index is 13.8. The number of hydrogen-bond donors (Lipinski definition) is 0. The lowest BCUT2D eigenvalue weighted by atomic mass is 9.97. The zero-order valence-electron chi connectivity index (χ0n) is 21.0. The number of aryl methyl sites for hydroxylation is 2. The highest BCUT2D eigenvalue weighted by Gasteiger charge is 2.42. The molecule has 4 aromatic rings. The molecule has 184 valence electrons. The number of ether oxygens (including phenoxy) is 2. The number of fused-ring (bicyclic) bond motifs is 2. The van der Waals surface area contributed by atoms with Crippen molar-refractivity contribution in [2.45, 2.75) is 33.2 Å². The highest BCUT2D eigenvalue weighted by Crippen LogP contribution is 2.39. The molecule has 0 radical (unpaired) electrons. The molecule has 0 spiro atoms. The maximum Gasteiger partial charge on any atom is 0.290 e. The lowest BCUT2D eigenvalue weighted by Gasteiger charge is -2.25. The van der Waals surface area contributed by atoms with Gasteiger partial charge in [-0.05, 0) is 85.8 Å². The van der Waals surface area contributed by atoms with Gasteiger partial charge in [0.1, 0.15) is 17.1 Å². The van der Waals surface area contributed by atoms with E-state index in [0.29, 0.717) is 41.9 Å². The fourth-order valence-electron chi connectivity index (χ4n) is 4.84. The number of benzene rings is 3. The van der Waals surface area contributed by atoms with Crippen LogP contribution in [0.25, 0.3) is 11.0 Å². The Morgan fingerprint density at radius 1 is 0.944 bits per heavy atom. The molecule has 1 unspecified atom stereocenters. The van der Waals surface area contributed by atoms with Crippen molar-refractivity contribution in [2.75, 3.05) is 20.3 Å². The Morgan fingerprint density at radius 3 is 2.42 bits per heavy atom. The first-order valence-corrected chi connectivity index (χ1v) is 12.2. The summed E-state index contributed by atoms with van der Waals surface area (Å²) in [4.78, 5) is 29.3. The van der Waals surface area contributed by atoms with Gasteiger partial charge in [0.05, 0.1) is 30.7 Å². The number of carbonyl (C=O) groups is 1. The average Bonchev–Trinajstić information content (AvgIpc) is 3.16. The summed E-state index contributed by atoms with van der Waals surface area (Å²) in [5.74, 6) is 1.32. The normalized spacial score (nSPS) is 14.8. The molecule has 3 aromatic carbocycles. The fraction of sp³-hybridized carbons (Fsp3) is 0.267. The zero-order valence-corrected chi connectivity index (χ0v) is 21.0. The highest BCUT2D eigenvalue weighted by molar-refractivity contribution is 5.99. The van der Waals surface area contributed by atoms with Gasteiger partial charge >= 0.3 is 0 Å². The van der Waals surface area contributed by atoms with E-state index in [0.717, 1.165) is 28.0 Å². The number of nitrogens with zero attached hydrogens (tertiary/aromatic N) is 1. The van der Waals surface area contributed by atoms with Gasteiger partial charge in [-0.1, -0.05) is 24.3 Å². The maximum atomic E-state index is 13.8. The first-order chi connectivity index (χ1) is 17.4. The smallest absolute Gasteiger partial charge is 0.290 e. The first-order valence-electron chi connectivity index (χ1n) is 12.2. The van der Waals surface area contributed by atoms with Crippen LogP contribution in [0.5, 0.6) is 11.5 Å². The first kappa shape index (κ1) is 23.7. The van der Waals surface area contributed by atoms with E-state index >= 15 is 0 Å². The molecule has 0 bridgehead atoms. The second kappa shape index (κ2) is 9.53. The van der Waals surface area contributed by atoms with Crippen molar-refractivity contribution in [1.82, 2.24) is 4.90 Å². The second-order valence-corrected chi connectivity index (χ2v) is 9.11. The van der Waals surface area contributed by atoms with Crippen molar-refractivity contribution in [3.05, 3.63) is 104 Å². The van der Waals surface area contributed by atoms with Crippen molar-refractivity contribution in [1.29, 1.82) is 0 Å². The van der Waals surface area contributed by atoms with Crippen molar-refractivity contribution in [3.63, 3.8) is 0 Å². The molecule has 0 N–H and O–H groups in total. The summed E-state index contributed by atoms with van der Waals surface area (Å²) < 4.78 is 17.1. The minimum Gasteiger partial charge on any atom is -0.497 e. The van der Waals surface area contributed by atoms with Gasteiger partial charge in [-0.25, -0.2) is 0 Å². The van der Waals surface area contributed by atoms with E-state index in [9.17, 15) is 9.59 Å². The van der Waals surface area contributed by atoms with Gasteiger partial charge in [-0.2, -0.15) is 0 Å². The Bertz CT molecular complexity index is 1500.